The zero-order valence-corrected chi connectivity index (χ0v) is 9.53. The molecule has 0 radical (unpaired) electrons. The van der Waals surface area contributed by atoms with Crippen LogP contribution in [-0.2, 0) is 9.53 Å². The standard InChI is InChI=1S/C12H14FNO2/c1-14(2)8-11(12(15)16-3)9-4-6-10(13)7-5-9/h4-8H,1-3H3. The first-order chi connectivity index (χ1) is 7.54. The summed E-state index contributed by atoms with van der Waals surface area (Å²) in [5, 5.41) is 0. The van der Waals surface area contributed by atoms with Gasteiger partial charge in [0.05, 0.1) is 12.7 Å². The van der Waals surface area contributed by atoms with Gasteiger partial charge in [0.1, 0.15) is 5.82 Å². The van der Waals surface area contributed by atoms with Crippen LogP contribution in [0.4, 0.5) is 4.39 Å². The summed E-state index contributed by atoms with van der Waals surface area (Å²) in [7, 11) is 4.91. The van der Waals surface area contributed by atoms with E-state index in [2.05, 4.69) is 4.74 Å². The first-order valence-electron chi connectivity index (χ1n) is 4.77. The van der Waals surface area contributed by atoms with Crippen LogP contribution in [0.2, 0.25) is 0 Å². The third-order valence-corrected chi connectivity index (χ3v) is 1.95. The van der Waals surface area contributed by atoms with E-state index in [9.17, 15) is 9.18 Å². The van der Waals surface area contributed by atoms with Gasteiger partial charge >= 0.3 is 5.97 Å². The molecule has 0 saturated heterocycles. The Hall–Kier alpha value is -1.84. The molecule has 0 saturated carbocycles. The summed E-state index contributed by atoms with van der Waals surface area (Å²) in [5.74, 6) is -0.780. The number of carbonyl (C=O) groups is 1. The highest BCUT2D eigenvalue weighted by atomic mass is 19.1. The molecule has 0 bridgehead atoms. The SMILES string of the molecule is COC(=O)C(=CN(C)C)c1ccc(F)cc1. The van der Waals surface area contributed by atoms with Crippen molar-refractivity contribution in [2.45, 2.75) is 0 Å². The molecule has 0 aliphatic rings. The zero-order valence-electron chi connectivity index (χ0n) is 9.53. The fraction of sp³-hybridized carbons (Fsp3) is 0.250. The van der Waals surface area contributed by atoms with Crippen molar-refractivity contribution in [1.82, 2.24) is 4.90 Å². The molecule has 0 fully saturated rings. The van der Waals surface area contributed by atoms with Gasteiger partial charge in [0.2, 0.25) is 0 Å². The first-order valence-corrected chi connectivity index (χ1v) is 4.77. The molecule has 0 atom stereocenters. The number of esters is 1. The number of rotatable bonds is 3. The van der Waals surface area contributed by atoms with Crippen LogP contribution >= 0.6 is 0 Å². The minimum atomic E-state index is -0.444. The van der Waals surface area contributed by atoms with Crippen LogP contribution in [0.5, 0.6) is 0 Å². The number of benzene rings is 1. The molecule has 1 rings (SSSR count). The number of ether oxygens (including phenoxy) is 1. The topological polar surface area (TPSA) is 29.5 Å². The fourth-order valence-corrected chi connectivity index (χ4v) is 1.24. The number of hydrogen-bond donors (Lipinski definition) is 0. The van der Waals surface area contributed by atoms with Gasteiger partial charge < -0.3 is 9.64 Å². The Morgan fingerprint density at radius 2 is 1.88 bits per heavy atom. The van der Waals surface area contributed by atoms with E-state index in [0.717, 1.165) is 0 Å². The molecule has 0 aliphatic carbocycles. The van der Waals surface area contributed by atoms with Gasteiger partial charge in [0.15, 0.2) is 0 Å². The predicted molar refractivity (Wildman–Crippen MR) is 60.1 cm³/mol. The molecule has 16 heavy (non-hydrogen) atoms. The smallest absolute Gasteiger partial charge is 0.339 e. The van der Waals surface area contributed by atoms with Gasteiger partial charge in [-0.25, -0.2) is 9.18 Å². The van der Waals surface area contributed by atoms with E-state index >= 15 is 0 Å². The van der Waals surface area contributed by atoms with Crippen molar-refractivity contribution in [3.8, 4) is 0 Å². The largest absolute Gasteiger partial charge is 0.465 e. The maximum Gasteiger partial charge on any atom is 0.339 e. The molecule has 0 aromatic heterocycles. The Morgan fingerprint density at radius 1 is 1.31 bits per heavy atom. The summed E-state index contributed by atoms with van der Waals surface area (Å²) < 4.78 is 17.4. The van der Waals surface area contributed by atoms with Crippen LogP contribution in [0.3, 0.4) is 0 Å². The van der Waals surface area contributed by atoms with Crippen molar-refractivity contribution in [3.63, 3.8) is 0 Å². The Labute approximate surface area is 94.1 Å². The Kier molecular flexibility index (Phi) is 4.05. The van der Waals surface area contributed by atoms with Gasteiger partial charge in [-0.2, -0.15) is 0 Å². The van der Waals surface area contributed by atoms with Crippen LogP contribution in [0, 0.1) is 5.82 Å². The third kappa shape index (κ3) is 3.08. The molecule has 0 aliphatic heterocycles. The predicted octanol–water partition coefficient (Wildman–Crippen LogP) is 1.90. The van der Waals surface area contributed by atoms with Gasteiger partial charge in [-0.3, -0.25) is 0 Å². The van der Waals surface area contributed by atoms with E-state index in [1.54, 1.807) is 37.3 Å². The number of carbonyl (C=O) groups excluding carboxylic acids is 1. The van der Waals surface area contributed by atoms with Crippen molar-refractivity contribution >= 4 is 11.5 Å². The molecule has 86 valence electrons. The second-order valence-corrected chi connectivity index (χ2v) is 3.50. The van der Waals surface area contributed by atoms with E-state index in [1.807, 2.05) is 0 Å². The molecular formula is C12H14FNO2. The van der Waals surface area contributed by atoms with Crippen molar-refractivity contribution in [2.75, 3.05) is 21.2 Å². The van der Waals surface area contributed by atoms with Crippen LogP contribution in [0.25, 0.3) is 5.57 Å². The molecule has 0 unspecified atom stereocenters. The molecule has 0 N–H and O–H groups in total. The fourth-order valence-electron chi connectivity index (χ4n) is 1.24. The van der Waals surface area contributed by atoms with Gasteiger partial charge in [0, 0.05) is 20.3 Å². The summed E-state index contributed by atoms with van der Waals surface area (Å²) in [6, 6.07) is 5.70. The summed E-state index contributed by atoms with van der Waals surface area (Å²) in [5.41, 5.74) is 1.02. The molecule has 1 aromatic carbocycles. The van der Waals surface area contributed by atoms with Crippen molar-refractivity contribution in [3.05, 3.63) is 41.8 Å². The maximum atomic E-state index is 12.7. The Bertz CT molecular complexity index is 396. The molecule has 4 heteroatoms. The highest BCUT2D eigenvalue weighted by Gasteiger charge is 2.12. The van der Waals surface area contributed by atoms with Gasteiger partial charge in [-0.1, -0.05) is 12.1 Å². The molecule has 0 heterocycles. The second kappa shape index (κ2) is 5.30. The van der Waals surface area contributed by atoms with Crippen molar-refractivity contribution in [2.24, 2.45) is 0 Å². The number of halogens is 1. The van der Waals surface area contributed by atoms with E-state index in [-0.39, 0.29) is 5.82 Å². The Balaban J connectivity index is 3.11. The molecule has 0 amide bonds. The van der Waals surface area contributed by atoms with E-state index in [4.69, 9.17) is 0 Å². The van der Waals surface area contributed by atoms with Gasteiger partial charge in [0.25, 0.3) is 0 Å². The highest BCUT2D eigenvalue weighted by Crippen LogP contribution is 2.16. The van der Waals surface area contributed by atoms with Crippen LogP contribution in [0.1, 0.15) is 5.56 Å². The normalized spacial score (nSPS) is 11.1. The average Bonchev–Trinajstić information content (AvgIpc) is 2.26. The van der Waals surface area contributed by atoms with Crippen molar-refractivity contribution in [1.29, 1.82) is 0 Å². The maximum absolute atomic E-state index is 12.7. The van der Waals surface area contributed by atoms with E-state index in [1.165, 1.54) is 19.2 Å². The summed E-state index contributed by atoms with van der Waals surface area (Å²) in [6.07, 6.45) is 1.64. The molecule has 3 nitrogen and oxygen atoms in total. The van der Waals surface area contributed by atoms with Gasteiger partial charge in [-0.15, -0.1) is 0 Å². The summed E-state index contributed by atoms with van der Waals surface area (Å²) in [4.78, 5) is 13.3. The Morgan fingerprint density at radius 3 is 2.31 bits per heavy atom. The summed E-state index contributed by atoms with van der Waals surface area (Å²) in [6.45, 7) is 0. The lowest BCUT2D eigenvalue weighted by Crippen LogP contribution is -2.10. The highest BCUT2D eigenvalue weighted by molar-refractivity contribution is 6.16. The van der Waals surface area contributed by atoms with Crippen molar-refractivity contribution < 1.29 is 13.9 Å². The second-order valence-electron chi connectivity index (χ2n) is 3.50. The van der Waals surface area contributed by atoms with Gasteiger partial charge in [-0.05, 0) is 17.7 Å². The average molecular weight is 223 g/mol. The minimum Gasteiger partial charge on any atom is -0.465 e. The van der Waals surface area contributed by atoms with Crippen LogP contribution in [-0.4, -0.2) is 32.1 Å². The quantitative estimate of drug-likeness (QED) is 0.579. The minimum absolute atomic E-state index is 0.335. The van der Waals surface area contributed by atoms with E-state index < -0.39 is 5.97 Å². The lowest BCUT2D eigenvalue weighted by molar-refractivity contribution is -0.133. The van der Waals surface area contributed by atoms with Crippen LogP contribution < -0.4 is 0 Å². The number of methoxy groups -OCH3 is 1. The lowest BCUT2D eigenvalue weighted by atomic mass is 10.1. The van der Waals surface area contributed by atoms with E-state index in [0.29, 0.717) is 11.1 Å². The van der Waals surface area contributed by atoms with Crippen LogP contribution in [0.15, 0.2) is 30.5 Å². The molecular weight excluding hydrogens is 209 g/mol. The third-order valence-electron chi connectivity index (χ3n) is 1.95. The number of nitrogens with zero attached hydrogens (tertiary/aromatic N) is 1. The monoisotopic (exact) mass is 223 g/mol. The molecule has 0 spiro atoms. The first kappa shape index (κ1) is 12.2. The number of hydrogen-bond acceptors (Lipinski definition) is 3. The zero-order chi connectivity index (χ0) is 12.1. The molecule has 1 aromatic rings. The lowest BCUT2D eigenvalue weighted by Gasteiger charge is -2.10. The summed E-state index contributed by atoms with van der Waals surface area (Å²) >= 11 is 0.